The maximum absolute atomic E-state index is 5.67. The van der Waals surface area contributed by atoms with Gasteiger partial charge in [-0.2, -0.15) is 0 Å². The Bertz CT molecular complexity index is 517. The lowest BCUT2D eigenvalue weighted by Crippen LogP contribution is -2.43. The van der Waals surface area contributed by atoms with E-state index in [2.05, 4.69) is 72.5 Å². The largest absolute Gasteiger partial charge is 0.385 e. The smallest absolute Gasteiger partial charge is 0.0699 e. The van der Waals surface area contributed by atoms with E-state index in [0.717, 1.165) is 26.1 Å². The highest BCUT2D eigenvalue weighted by Crippen LogP contribution is 2.19. The molecule has 0 heterocycles. The van der Waals surface area contributed by atoms with Crippen molar-refractivity contribution in [2.75, 3.05) is 20.8 Å². The molecule has 2 atom stereocenters. The second-order valence-electron chi connectivity index (χ2n) is 6.17. The van der Waals surface area contributed by atoms with Crippen LogP contribution in [-0.2, 0) is 22.6 Å². The Morgan fingerprint density at radius 1 is 0.833 bits per heavy atom. The van der Waals surface area contributed by atoms with Crippen molar-refractivity contribution in [3.05, 3.63) is 71.8 Å². The molecular formula is C21H29NO2. The molecule has 0 aliphatic carbocycles. The molecule has 3 heteroatoms. The van der Waals surface area contributed by atoms with Crippen LogP contribution in [0.5, 0.6) is 0 Å². The van der Waals surface area contributed by atoms with Crippen molar-refractivity contribution in [3.8, 4) is 0 Å². The van der Waals surface area contributed by atoms with E-state index in [1.165, 1.54) is 11.1 Å². The molecule has 0 saturated carbocycles. The quantitative estimate of drug-likeness (QED) is 0.655. The van der Waals surface area contributed by atoms with Gasteiger partial charge in [-0.15, -0.1) is 0 Å². The Hall–Kier alpha value is -1.68. The number of methoxy groups -OCH3 is 2. The predicted octanol–water partition coefficient (Wildman–Crippen LogP) is 4.13. The number of hydrogen-bond donors (Lipinski definition) is 0. The second kappa shape index (κ2) is 10.2. The van der Waals surface area contributed by atoms with Crippen molar-refractivity contribution in [3.63, 3.8) is 0 Å². The first kappa shape index (κ1) is 18.7. The van der Waals surface area contributed by atoms with Crippen LogP contribution < -0.4 is 0 Å². The molecule has 130 valence electrons. The van der Waals surface area contributed by atoms with E-state index < -0.39 is 0 Å². The van der Waals surface area contributed by atoms with Gasteiger partial charge in [-0.1, -0.05) is 60.7 Å². The van der Waals surface area contributed by atoms with Crippen molar-refractivity contribution in [2.24, 2.45) is 0 Å². The zero-order valence-electron chi connectivity index (χ0n) is 15.0. The molecule has 0 aliphatic rings. The highest BCUT2D eigenvalue weighted by atomic mass is 16.5. The van der Waals surface area contributed by atoms with Crippen LogP contribution in [0.25, 0.3) is 0 Å². The average Bonchev–Trinajstić information content (AvgIpc) is 2.63. The molecule has 0 aromatic heterocycles. The average molecular weight is 327 g/mol. The van der Waals surface area contributed by atoms with E-state index in [1.54, 1.807) is 14.2 Å². The third-order valence-corrected chi connectivity index (χ3v) is 4.46. The van der Waals surface area contributed by atoms with Gasteiger partial charge in [0.15, 0.2) is 0 Å². The maximum Gasteiger partial charge on any atom is 0.0699 e. The first-order valence-electron chi connectivity index (χ1n) is 8.58. The standard InChI is InChI=1S/C21H29NO2/c1-18(24-3)21(14-15-23-2)22(16-19-10-6-4-7-11-19)17-20-12-8-5-9-13-20/h4-13,18,21H,14-17H2,1-3H3/t18-,21+/m0/s1. The van der Waals surface area contributed by atoms with Crippen LogP contribution in [0.15, 0.2) is 60.7 Å². The Morgan fingerprint density at radius 3 is 1.75 bits per heavy atom. The maximum atomic E-state index is 5.67. The fourth-order valence-corrected chi connectivity index (χ4v) is 3.04. The van der Waals surface area contributed by atoms with Crippen molar-refractivity contribution in [2.45, 2.75) is 38.6 Å². The van der Waals surface area contributed by atoms with Crippen LogP contribution in [0.4, 0.5) is 0 Å². The van der Waals surface area contributed by atoms with Gasteiger partial charge in [0, 0.05) is 40.0 Å². The topological polar surface area (TPSA) is 21.7 Å². The summed E-state index contributed by atoms with van der Waals surface area (Å²) in [4.78, 5) is 2.50. The van der Waals surface area contributed by atoms with Gasteiger partial charge in [0.1, 0.15) is 0 Å². The fourth-order valence-electron chi connectivity index (χ4n) is 3.04. The highest BCUT2D eigenvalue weighted by Gasteiger charge is 2.24. The Morgan fingerprint density at radius 2 is 1.33 bits per heavy atom. The summed E-state index contributed by atoms with van der Waals surface area (Å²) in [5, 5.41) is 0. The van der Waals surface area contributed by atoms with Gasteiger partial charge in [-0.3, -0.25) is 4.90 Å². The summed E-state index contributed by atoms with van der Waals surface area (Å²) in [7, 11) is 3.54. The normalized spacial score (nSPS) is 13.8. The SMILES string of the molecule is COCC[C@H]([C@H](C)OC)N(Cc1ccccc1)Cc1ccccc1. The summed E-state index contributed by atoms with van der Waals surface area (Å²) in [5.74, 6) is 0. The summed E-state index contributed by atoms with van der Waals surface area (Å²) < 4.78 is 11.0. The molecule has 3 nitrogen and oxygen atoms in total. The first-order valence-corrected chi connectivity index (χ1v) is 8.58. The monoisotopic (exact) mass is 327 g/mol. The van der Waals surface area contributed by atoms with Crippen LogP contribution in [0.3, 0.4) is 0 Å². The lowest BCUT2D eigenvalue weighted by atomic mass is 10.0. The van der Waals surface area contributed by atoms with Crippen LogP contribution in [0, 0.1) is 0 Å². The van der Waals surface area contributed by atoms with Crippen LogP contribution in [0.2, 0.25) is 0 Å². The Labute approximate surface area is 146 Å². The van der Waals surface area contributed by atoms with Crippen molar-refractivity contribution in [1.82, 2.24) is 4.90 Å². The summed E-state index contributed by atoms with van der Waals surface area (Å²) in [5.41, 5.74) is 2.64. The number of rotatable bonds is 10. The molecule has 0 saturated heterocycles. The summed E-state index contributed by atoms with van der Waals surface area (Å²) >= 11 is 0. The lowest BCUT2D eigenvalue weighted by molar-refractivity contribution is 0.00321. The van der Waals surface area contributed by atoms with Gasteiger partial charge in [0.25, 0.3) is 0 Å². The molecule has 24 heavy (non-hydrogen) atoms. The van der Waals surface area contributed by atoms with Gasteiger partial charge in [0.05, 0.1) is 6.10 Å². The van der Waals surface area contributed by atoms with Crippen molar-refractivity contribution >= 4 is 0 Å². The first-order chi connectivity index (χ1) is 11.7. The van der Waals surface area contributed by atoms with Gasteiger partial charge in [0.2, 0.25) is 0 Å². The van der Waals surface area contributed by atoms with Gasteiger partial charge < -0.3 is 9.47 Å². The van der Waals surface area contributed by atoms with Crippen LogP contribution in [-0.4, -0.2) is 37.9 Å². The number of benzene rings is 2. The zero-order valence-corrected chi connectivity index (χ0v) is 15.0. The predicted molar refractivity (Wildman–Crippen MR) is 98.9 cm³/mol. The molecule has 0 N–H and O–H groups in total. The number of ether oxygens (including phenoxy) is 2. The van der Waals surface area contributed by atoms with E-state index in [1.807, 2.05) is 0 Å². The molecule has 2 aromatic carbocycles. The fraction of sp³-hybridized carbons (Fsp3) is 0.429. The van der Waals surface area contributed by atoms with E-state index in [9.17, 15) is 0 Å². The van der Waals surface area contributed by atoms with Gasteiger partial charge in [-0.05, 0) is 24.5 Å². The molecule has 2 rings (SSSR count). The minimum Gasteiger partial charge on any atom is -0.385 e. The third kappa shape index (κ3) is 5.75. The van der Waals surface area contributed by atoms with Crippen LogP contribution in [0.1, 0.15) is 24.5 Å². The molecule has 0 spiro atoms. The molecule has 0 radical (unpaired) electrons. The number of nitrogens with zero attached hydrogens (tertiary/aromatic N) is 1. The Balaban J connectivity index is 2.21. The molecule has 0 amide bonds. The van der Waals surface area contributed by atoms with E-state index in [-0.39, 0.29) is 6.10 Å². The molecule has 2 aromatic rings. The molecule has 0 aliphatic heterocycles. The Kier molecular flexibility index (Phi) is 7.96. The lowest BCUT2D eigenvalue weighted by Gasteiger charge is -2.35. The van der Waals surface area contributed by atoms with E-state index >= 15 is 0 Å². The van der Waals surface area contributed by atoms with Gasteiger partial charge in [-0.25, -0.2) is 0 Å². The summed E-state index contributed by atoms with van der Waals surface area (Å²) in [6.45, 7) is 4.68. The highest BCUT2D eigenvalue weighted by molar-refractivity contribution is 5.17. The molecule has 0 unspecified atom stereocenters. The van der Waals surface area contributed by atoms with Crippen molar-refractivity contribution < 1.29 is 9.47 Å². The van der Waals surface area contributed by atoms with E-state index in [4.69, 9.17) is 9.47 Å². The third-order valence-electron chi connectivity index (χ3n) is 4.46. The second-order valence-corrected chi connectivity index (χ2v) is 6.17. The van der Waals surface area contributed by atoms with Crippen molar-refractivity contribution in [1.29, 1.82) is 0 Å². The summed E-state index contributed by atoms with van der Waals surface area (Å²) in [6.07, 6.45) is 1.10. The minimum atomic E-state index is 0.146. The minimum absolute atomic E-state index is 0.146. The zero-order chi connectivity index (χ0) is 17.2. The molecule has 0 bridgehead atoms. The van der Waals surface area contributed by atoms with Gasteiger partial charge >= 0.3 is 0 Å². The van der Waals surface area contributed by atoms with E-state index in [0.29, 0.717) is 6.04 Å². The molecular weight excluding hydrogens is 298 g/mol. The van der Waals surface area contributed by atoms with Crippen LogP contribution >= 0.6 is 0 Å². The molecule has 0 fully saturated rings. The number of hydrogen-bond acceptors (Lipinski definition) is 3. The summed E-state index contributed by atoms with van der Waals surface area (Å²) in [6, 6.07) is 21.5.